The summed E-state index contributed by atoms with van der Waals surface area (Å²) in [6, 6.07) is 0. The van der Waals surface area contributed by atoms with E-state index in [-0.39, 0.29) is 5.60 Å². The predicted octanol–water partition coefficient (Wildman–Crippen LogP) is 2.81. The number of hydrogen-bond acceptors (Lipinski definition) is 4. The van der Waals surface area contributed by atoms with Crippen molar-refractivity contribution in [1.29, 1.82) is 0 Å². The second-order valence-corrected chi connectivity index (χ2v) is 7.64. The summed E-state index contributed by atoms with van der Waals surface area (Å²) in [5.74, 6) is 0.960. The van der Waals surface area contributed by atoms with Crippen LogP contribution in [-0.4, -0.2) is 47.7 Å². The average molecular weight is 324 g/mol. The Morgan fingerprint density at radius 1 is 1.45 bits per heavy atom. The number of nitrogens with one attached hydrogen (secondary N) is 1. The molecule has 1 aliphatic rings. The Kier molecular flexibility index (Phi) is 5.81. The third-order valence-electron chi connectivity index (χ3n) is 3.54. The molecule has 0 aromatic carbocycles. The third-order valence-corrected chi connectivity index (χ3v) is 4.50. The van der Waals surface area contributed by atoms with Gasteiger partial charge >= 0.3 is 0 Å². The molecule has 1 saturated heterocycles. The second kappa shape index (κ2) is 7.42. The van der Waals surface area contributed by atoms with E-state index in [9.17, 15) is 0 Å². The van der Waals surface area contributed by atoms with Crippen LogP contribution in [0.15, 0.2) is 10.4 Å². The Morgan fingerprint density at radius 3 is 2.64 bits per heavy atom. The van der Waals surface area contributed by atoms with Gasteiger partial charge in [0.15, 0.2) is 5.96 Å². The van der Waals surface area contributed by atoms with Gasteiger partial charge in [-0.05, 0) is 40.5 Å². The molecule has 0 spiro atoms. The highest BCUT2D eigenvalue weighted by Gasteiger charge is 2.25. The van der Waals surface area contributed by atoms with Crippen LogP contribution in [0.5, 0.6) is 0 Å². The van der Waals surface area contributed by atoms with Gasteiger partial charge in [-0.1, -0.05) is 0 Å². The summed E-state index contributed by atoms with van der Waals surface area (Å²) in [7, 11) is 1.84. The van der Waals surface area contributed by atoms with Crippen LogP contribution in [0, 0.1) is 6.92 Å². The Labute approximate surface area is 137 Å². The number of hydrogen-bond donors (Lipinski definition) is 1. The highest BCUT2D eigenvalue weighted by Crippen LogP contribution is 2.20. The lowest BCUT2D eigenvalue weighted by Gasteiger charge is -2.36. The first-order valence-corrected chi connectivity index (χ1v) is 8.80. The van der Waals surface area contributed by atoms with E-state index in [2.05, 4.69) is 46.3 Å². The monoisotopic (exact) mass is 324 g/mol. The topological polar surface area (TPSA) is 49.8 Å². The van der Waals surface area contributed by atoms with E-state index < -0.39 is 0 Å². The molecule has 0 radical (unpaired) electrons. The largest absolute Gasteiger partial charge is 0.372 e. The number of likely N-dealkylation sites (tertiary alicyclic amines) is 1. The minimum absolute atomic E-state index is 0.0601. The SMILES string of the molecule is CN=C(NCc1nc(C)cs1)N1CCC(OC(C)(C)C)CC1. The zero-order valence-corrected chi connectivity index (χ0v) is 15.2. The first-order valence-electron chi connectivity index (χ1n) is 7.92. The molecule has 0 amide bonds. The molecule has 0 bridgehead atoms. The van der Waals surface area contributed by atoms with Crippen molar-refractivity contribution in [2.75, 3.05) is 20.1 Å². The number of rotatable bonds is 3. The molecule has 0 unspecified atom stereocenters. The van der Waals surface area contributed by atoms with E-state index in [1.807, 2.05) is 14.0 Å². The predicted molar refractivity (Wildman–Crippen MR) is 92.5 cm³/mol. The molecule has 1 aromatic rings. The lowest BCUT2D eigenvalue weighted by molar-refractivity contribution is -0.0772. The lowest BCUT2D eigenvalue weighted by atomic mass is 10.1. The minimum Gasteiger partial charge on any atom is -0.372 e. The van der Waals surface area contributed by atoms with Crippen molar-refractivity contribution in [3.63, 3.8) is 0 Å². The van der Waals surface area contributed by atoms with Crippen molar-refractivity contribution in [2.45, 2.75) is 58.8 Å². The smallest absolute Gasteiger partial charge is 0.193 e. The summed E-state index contributed by atoms with van der Waals surface area (Å²) < 4.78 is 6.08. The number of aliphatic imine (C=N–C) groups is 1. The fourth-order valence-corrected chi connectivity index (χ4v) is 3.37. The van der Waals surface area contributed by atoms with Crippen LogP contribution in [-0.2, 0) is 11.3 Å². The molecule has 1 N–H and O–H groups in total. The molecule has 1 fully saturated rings. The molecule has 2 rings (SSSR count). The van der Waals surface area contributed by atoms with E-state index in [1.54, 1.807) is 11.3 Å². The Balaban J connectivity index is 1.81. The van der Waals surface area contributed by atoms with Crippen LogP contribution < -0.4 is 5.32 Å². The average Bonchev–Trinajstić information content (AvgIpc) is 2.85. The molecule has 2 heterocycles. The van der Waals surface area contributed by atoms with Gasteiger partial charge in [0.1, 0.15) is 5.01 Å². The lowest BCUT2D eigenvalue weighted by Crippen LogP contribution is -2.47. The number of aryl methyl sites for hydroxylation is 1. The van der Waals surface area contributed by atoms with Gasteiger partial charge in [-0.15, -0.1) is 11.3 Å². The van der Waals surface area contributed by atoms with Crippen molar-refractivity contribution < 1.29 is 4.74 Å². The van der Waals surface area contributed by atoms with Crippen LogP contribution >= 0.6 is 11.3 Å². The maximum Gasteiger partial charge on any atom is 0.193 e. The molecular formula is C16H28N4OS. The Bertz CT molecular complexity index is 498. The van der Waals surface area contributed by atoms with Gasteiger partial charge in [0.2, 0.25) is 0 Å². The number of piperidine rings is 1. The van der Waals surface area contributed by atoms with Gasteiger partial charge in [0.25, 0.3) is 0 Å². The highest BCUT2D eigenvalue weighted by atomic mass is 32.1. The molecule has 0 aliphatic carbocycles. The van der Waals surface area contributed by atoms with Crippen molar-refractivity contribution >= 4 is 17.3 Å². The van der Waals surface area contributed by atoms with Gasteiger partial charge in [-0.25, -0.2) is 4.98 Å². The summed E-state index contributed by atoms with van der Waals surface area (Å²) in [5, 5.41) is 6.59. The fourth-order valence-electron chi connectivity index (χ4n) is 2.66. The van der Waals surface area contributed by atoms with Crippen molar-refractivity contribution in [3.8, 4) is 0 Å². The summed E-state index contributed by atoms with van der Waals surface area (Å²) in [6.45, 7) is 11.1. The molecule has 124 valence electrons. The van der Waals surface area contributed by atoms with E-state index in [0.717, 1.165) is 49.1 Å². The van der Waals surface area contributed by atoms with E-state index in [4.69, 9.17) is 4.74 Å². The highest BCUT2D eigenvalue weighted by molar-refractivity contribution is 7.09. The van der Waals surface area contributed by atoms with Crippen molar-refractivity contribution in [1.82, 2.24) is 15.2 Å². The number of ether oxygens (including phenoxy) is 1. The third kappa shape index (κ3) is 5.25. The molecular weight excluding hydrogens is 296 g/mol. The Morgan fingerprint density at radius 2 is 2.14 bits per heavy atom. The Hall–Kier alpha value is -1.14. The maximum atomic E-state index is 6.08. The molecule has 0 saturated carbocycles. The van der Waals surface area contributed by atoms with Crippen LogP contribution in [0.1, 0.15) is 44.3 Å². The minimum atomic E-state index is -0.0601. The quantitative estimate of drug-likeness (QED) is 0.686. The summed E-state index contributed by atoms with van der Waals surface area (Å²) >= 11 is 1.69. The van der Waals surface area contributed by atoms with Gasteiger partial charge in [0, 0.05) is 31.2 Å². The number of nitrogens with zero attached hydrogens (tertiary/aromatic N) is 3. The molecule has 6 heteroatoms. The van der Waals surface area contributed by atoms with Crippen molar-refractivity contribution in [2.24, 2.45) is 4.99 Å². The van der Waals surface area contributed by atoms with E-state index >= 15 is 0 Å². The summed E-state index contributed by atoms with van der Waals surface area (Å²) in [4.78, 5) is 11.2. The molecule has 1 aliphatic heterocycles. The second-order valence-electron chi connectivity index (χ2n) is 6.70. The van der Waals surface area contributed by atoms with E-state index in [0.29, 0.717) is 6.10 Å². The first kappa shape index (κ1) is 17.2. The summed E-state index contributed by atoms with van der Waals surface area (Å²) in [6.07, 6.45) is 2.46. The zero-order chi connectivity index (χ0) is 16.2. The van der Waals surface area contributed by atoms with Gasteiger partial charge in [0.05, 0.1) is 18.2 Å². The molecule has 1 aromatic heterocycles. The van der Waals surface area contributed by atoms with Crippen LogP contribution in [0.2, 0.25) is 0 Å². The number of guanidine groups is 1. The summed E-state index contributed by atoms with van der Waals surface area (Å²) in [5.41, 5.74) is 1.02. The van der Waals surface area contributed by atoms with Crippen LogP contribution in [0.4, 0.5) is 0 Å². The van der Waals surface area contributed by atoms with Crippen LogP contribution in [0.3, 0.4) is 0 Å². The standard InChI is InChI=1S/C16H28N4OS/c1-12-11-22-14(19-12)10-18-15(17-5)20-8-6-13(7-9-20)21-16(2,3)4/h11,13H,6-10H2,1-5H3,(H,17,18). The number of aromatic nitrogens is 1. The first-order chi connectivity index (χ1) is 10.4. The maximum absolute atomic E-state index is 6.08. The molecule has 0 atom stereocenters. The fraction of sp³-hybridized carbons (Fsp3) is 0.750. The molecule has 22 heavy (non-hydrogen) atoms. The normalized spacial score (nSPS) is 17.9. The van der Waals surface area contributed by atoms with E-state index in [1.165, 1.54) is 0 Å². The van der Waals surface area contributed by atoms with Gasteiger partial charge in [-0.3, -0.25) is 4.99 Å². The van der Waals surface area contributed by atoms with Crippen molar-refractivity contribution in [3.05, 3.63) is 16.1 Å². The molecule has 5 nitrogen and oxygen atoms in total. The van der Waals surface area contributed by atoms with Crippen LogP contribution in [0.25, 0.3) is 0 Å². The zero-order valence-electron chi connectivity index (χ0n) is 14.3. The van der Waals surface area contributed by atoms with Gasteiger partial charge < -0.3 is 15.0 Å². The van der Waals surface area contributed by atoms with Gasteiger partial charge in [-0.2, -0.15) is 0 Å². The number of thiazole rings is 1.